The SMILES string of the molecule is CCCNC(c1ccccc1)C1CN(CCC)CCO1. The van der Waals surface area contributed by atoms with Gasteiger partial charge >= 0.3 is 0 Å². The van der Waals surface area contributed by atoms with Gasteiger partial charge in [-0.2, -0.15) is 0 Å². The molecule has 1 saturated heterocycles. The highest BCUT2D eigenvalue weighted by molar-refractivity contribution is 5.20. The van der Waals surface area contributed by atoms with Crippen LogP contribution in [0.15, 0.2) is 30.3 Å². The van der Waals surface area contributed by atoms with E-state index in [1.54, 1.807) is 0 Å². The maximum absolute atomic E-state index is 6.06. The number of benzene rings is 1. The van der Waals surface area contributed by atoms with Crippen LogP contribution in [0.25, 0.3) is 0 Å². The summed E-state index contributed by atoms with van der Waals surface area (Å²) in [5.74, 6) is 0. The Kier molecular flexibility index (Phi) is 6.51. The van der Waals surface area contributed by atoms with Crippen LogP contribution >= 0.6 is 0 Å². The van der Waals surface area contributed by atoms with Gasteiger partial charge in [-0.25, -0.2) is 0 Å². The molecule has 1 N–H and O–H groups in total. The quantitative estimate of drug-likeness (QED) is 0.829. The van der Waals surface area contributed by atoms with Crippen molar-refractivity contribution in [2.75, 3.05) is 32.8 Å². The molecule has 1 heterocycles. The van der Waals surface area contributed by atoms with Crippen molar-refractivity contribution in [2.45, 2.75) is 38.8 Å². The minimum atomic E-state index is 0.254. The Morgan fingerprint density at radius 3 is 2.75 bits per heavy atom. The number of ether oxygens (including phenoxy) is 1. The summed E-state index contributed by atoms with van der Waals surface area (Å²) in [5, 5.41) is 3.67. The Balaban J connectivity index is 2.05. The number of morpholine rings is 1. The van der Waals surface area contributed by atoms with E-state index in [0.29, 0.717) is 6.04 Å². The number of rotatable bonds is 7. The molecule has 0 amide bonds. The van der Waals surface area contributed by atoms with Crippen molar-refractivity contribution in [2.24, 2.45) is 0 Å². The minimum Gasteiger partial charge on any atom is -0.374 e. The van der Waals surface area contributed by atoms with E-state index in [2.05, 4.69) is 54.4 Å². The number of hydrogen-bond acceptors (Lipinski definition) is 3. The maximum Gasteiger partial charge on any atom is 0.0896 e. The predicted molar refractivity (Wildman–Crippen MR) is 83.9 cm³/mol. The van der Waals surface area contributed by atoms with Crippen LogP contribution in [0.2, 0.25) is 0 Å². The average Bonchev–Trinajstić information content (AvgIpc) is 2.50. The first-order valence-electron chi connectivity index (χ1n) is 7.97. The summed E-state index contributed by atoms with van der Waals surface area (Å²) in [6.07, 6.45) is 2.61. The lowest BCUT2D eigenvalue weighted by Gasteiger charge is -2.37. The van der Waals surface area contributed by atoms with Gasteiger partial charge in [0, 0.05) is 13.1 Å². The van der Waals surface area contributed by atoms with Gasteiger partial charge in [0.05, 0.1) is 18.8 Å². The highest BCUT2D eigenvalue weighted by atomic mass is 16.5. The number of hydrogen-bond donors (Lipinski definition) is 1. The van der Waals surface area contributed by atoms with Crippen molar-refractivity contribution in [3.05, 3.63) is 35.9 Å². The second-order valence-corrected chi connectivity index (χ2v) is 5.55. The van der Waals surface area contributed by atoms with Crippen molar-refractivity contribution in [1.82, 2.24) is 10.2 Å². The van der Waals surface area contributed by atoms with Crippen molar-refractivity contribution >= 4 is 0 Å². The molecule has 2 rings (SSSR count). The lowest BCUT2D eigenvalue weighted by Crippen LogP contribution is -2.48. The fourth-order valence-corrected chi connectivity index (χ4v) is 2.88. The predicted octanol–water partition coefficient (Wildman–Crippen LogP) is 2.84. The third kappa shape index (κ3) is 4.30. The highest BCUT2D eigenvalue weighted by Gasteiger charge is 2.28. The van der Waals surface area contributed by atoms with Crippen LogP contribution in [0.3, 0.4) is 0 Å². The van der Waals surface area contributed by atoms with Crippen LogP contribution < -0.4 is 5.32 Å². The van der Waals surface area contributed by atoms with Crippen molar-refractivity contribution < 1.29 is 4.74 Å². The molecule has 0 aromatic heterocycles. The summed E-state index contributed by atoms with van der Waals surface area (Å²) in [4.78, 5) is 2.53. The average molecular weight is 276 g/mol. The number of nitrogens with one attached hydrogen (secondary N) is 1. The molecule has 1 aromatic rings. The van der Waals surface area contributed by atoms with Crippen LogP contribution in [0.5, 0.6) is 0 Å². The molecule has 0 spiro atoms. The summed E-state index contributed by atoms with van der Waals surface area (Å²) < 4.78 is 6.06. The van der Waals surface area contributed by atoms with E-state index in [1.165, 1.54) is 18.5 Å². The van der Waals surface area contributed by atoms with Gasteiger partial charge in [-0.05, 0) is 31.5 Å². The Hall–Kier alpha value is -0.900. The van der Waals surface area contributed by atoms with E-state index in [1.807, 2.05) is 0 Å². The molecule has 0 radical (unpaired) electrons. The lowest BCUT2D eigenvalue weighted by molar-refractivity contribution is -0.0470. The second kappa shape index (κ2) is 8.40. The first kappa shape index (κ1) is 15.5. The van der Waals surface area contributed by atoms with Gasteiger partial charge in [-0.3, -0.25) is 4.90 Å². The molecule has 112 valence electrons. The van der Waals surface area contributed by atoms with Crippen LogP contribution in [0, 0.1) is 0 Å². The van der Waals surface area contributed by atoms with E-state index in [0.717, 1.165) is 32.7 Å². The molecule has 1 aliphatic heterocycles. The van der Waals surface area contributed by atoms with Crippen molar-refractivity contribution in [1.29, 1.82) is 0 Å². The molecular weight excluding hydrogens is 248 g/mol. The second-order valence-electron chi connectivity index (χ2n) is 5.55. The minimum absolute atomic E-state index is 0.254. The van der Waals surface area contributed by atoms with Gasteiger partial charge < -0.3 is 10.1 Å². The van der Waals surface area contributed by atoms with Gasteiger partial charge in [-0.1, -0.05) is 44.2 Å². The molecule has 1 aromatic carbocycles. The summed E-state index contributed by atoms with van der Waals surface area (Å²) in [7, 11) is 0. The smallest absolute Gasteiger partial charge is 0.0896 e. The summed E-state index contributed by atoms with van der Waals surface area (Å²) in [6, 6.07) is 11.0. The Bertz CT molecular complexity index is 367. The van der Waals surface area contributed by atoms with E-state index in [-0.39, 0.29) is 6.10 Å². The maximum atomic E-state index is 6.06. The molecule has 1 aliphatic rings. The molecule has 3 heteroatoms. The van der Waals surface area contributed by atoms with Gasteiger partial charge in [0.2, 0.25) is 0 Å². The Morgan fingerprint density at radius 2 is 2.05 bits per heavy atom. The molecule has 3 nitrogen and oxygen atoms in total. The van der Waals surface area contributed by atoms with E-state index in [9.17, 15) is 0 Å². The molecule has 2 atom stereocenters. The van der Waals surface area contributed by atoms with E-state index in [4.69, 9.17) is 4.74 Å². The largest absolute Gasteiger partial charge is 0.374 e. The lowest BCUT2D eigenvalue weighted by atomic mass is 9.99. The molecule has 20 heavy (non-hydrogen) atoms. The van der Waals surface area contributed by atoms with Crippen LogP contribution in [0.4, 0.5) is 0 Å². The fourth-order valence-electron chi connectivity index (χ4n) is 2.88. The zero-order valence-electron chi connectivity index (χ0n) is 12.8. The molecule has 0 bridgehead atoms. The summed E-state index contributed by atoms with van der Waals surface area (Å²) >= 11 is 0. The van der Waals surface area contributed by atoms with Crippen LogP contribution in [0.1, 0.15) is 38.3 Å². The zero-order valence-corrected chi connectivity index (χ0v) is 12.8. The summed E-state index contributed by atoms with van der Waals surface area (Å²) in [6.45, 7) is 9.61. The Morgan fingerprint density at radius 1 is 1.25 bits per heavy atom. The topological polar surface area (TPSA) is 24.5 Å². The molecular formula is C17H28N2O. The molecule has 0 aliphatic carbocycles. The molecule has 1 fully saturated rings. The molecule has 2 unspecified atom stereocenters. The fraction of sp³-hybridized carbons (Fsp3) is 0.647. The van der Waals surface area contributed by atoms with Crippen molar-refractivity contribution in [3.63, 3.8) is 0 Å². The zero-order chi connectivity index (χ0) is 14.2. The van der Waals surface area contributed by atoms with Gasteiger partial charge in [-0.15, -0.1) is 0 Å². The van der Waals surface area contributed by atoms with Gasteiger partial charge in [0.1, 0.15) is 0 Å². The standard InChI is InChI=1S/C17H28N2O/c1-3-10-18-17(15-8-6-5-7-9-15)16-14-19(11-4-2)12-13-20-16/h5-9,16-18H,3-4,10-14H2,1-2H3. The van der Waals surface area contributed by atoms with Gasteiger partial charge in [0.15, 0.2) is 0 Å². The first-order chi connectivity index (χ1) is 9.85. The van der Waals surface area contributed by atoms with Gasteiger partial charge in [0.25, 0.3) is 0 Å². The normalized spacial score (nSPS) is 21.8. The molecule has 0 saturated carbocycles. The third-order valence-electron chi connectivity index (χ3n) is 3.86. The monoisotopic (exact) mass is 276 g/mol. The van der Waals surface area contributed by atoms with Crippen molar-refractivity contribution in [3.8, 4) is 0 Å². The van der Waals surface area contributed by atoms with Crippen LogP contribution in [-0.2, 0) is 4.74 Å². The Labute approximate surface area is 123 Å². The number of nitrogens with zero attached hydrogens (tertiary/aromatic N) is 1. The third-order valence-corrected chi connectivity index (χ3v) is 3.86. The van der Waals surface area contributed by atoms with E-state index < -0.39 is 0 Å². The summed E-state index contributed by atoms with van der Waals surface area (Å²) in [5.41, 5.74) is 1.34. The van der Waals surface area contributed by atoms with E-state index >= 15 is 0 Å². The first-order valence-corrected chi connectivity index (χ1v) is 7.97. The highest BCUT2D eigenvalue weighted by Crippen LogP contribution is 2.22. The van der Waals surface area contributed by atoms with Crippen LogP contribution in [-0.4, -0.2) is 43.8 Å².